The van der Waals surface area contributed by atoms with Crippen LogP contribution in [0.4, 0.5) is 16.2 Å². The monoisotopic (exact) mass is 386 g/mol. The van der Waals surface area contributed by atoms with Gasteiger partial charge in [0.2, 0.25) is 11.8 Å². The summed E-state index contributed by atoms with van der Waals surface area (Å²) in [7, 11) is 0. The molecule has 8 heteroatoms. The van der Waals surface area contributed by atoms with Crippen LogP contribution in [0, 0.1) is 0 Å². The molecule has 0 aromatic heterocycles. The van der Waals surface area contributed by atoms with E-state index in [2.05, 4.69) is 16.0 Å². The molecular weight excluding hydrogens is 368 g/mol. The van der Waals surface area contributed by atoms with Crippen LogP contribution in [-0.2, 0) is 16.1 Å². The molecule has 0 saturated carbocycles. The summed E-state index contributed by atoms with van der Waals surface area (Å²) >= 11 is 6.07. The molecule has 140 valence electrons. The van der Waals surface area contributed by atoms with Crippen LogP contribution in [0.1, 0.15) is 12.5 Å². The van der Waals surface area contributed by atoms with Crippen molar-refractivity contribution in [1.29, 1.82) is 0 Å². The Hall–Kier alpha value is -3.06. The van der Waals surface area contributed by atoms with Crippen molar-refractivity contribution in [1.82, 2.24) is 10.6 Å². The Bertz CT molecular complexity index is 887. The Balaban J connectivity index is 1.61. The predicted molar refractivity (Wildman–Crippen MR) is 104 cm³/mol. The summed E-state index contributed by atoms with van der Waals surface area (Å²) in [6.45, 7) is 1.72. The van der Waals surface area contributed by atoms with Crippen LogP contribution in [0.25, 0.3) is 0 Å². The van der Waals surface area contributed by atoms with Crippen LogP contribution < -0.4 is 20.9 Å². The molecule has 27 heavy (non-hydrogen) atoms. The summed E-state index contributed by atoms with van der Waals surface area (Å²) in [5.41, 5.74) is 1.92. The number of benzene rings is 2. The average molecular weight is 387 g/mol. The van der Waals surface area contributed by atoms with E-state index in [4.69, 9.17) is 11.6 Å². The van der Waals surface area contributed by atoms with E-state index in [1.165, 1.54) is 4.90 Å². The van der Waals surface area contributed by atoms with Gasteiger partial charge in [0, 0.05) is 11.6 Å². The van der Waals surface area contributed by atoms with Crippen LogP contribution in [0.2, 0.25) is 5.02 Å². The summed E-state index contributed by atoms with van der Waals surface area (Å²) < 4.78 is 0. The lowest BCUT2D eigenvalue weighted by atomic mass is 10.2. The van der Waals surface area contributed by atoms with Crippen molar-refractivity contribution in [2.45, 2.75) is 19.5 Å². The Kier molecular flexibility index (Phi) is 5.61. The highest BCUT2D eigenvalue weighted by atomic mass is 35.5. The van der Waals surface area contributed by atoms with E-state index in [0.29, 0.717) is 16.4 Å². The van der Waals surface area contributed by atoms with E-state index >= 15 is 0 Å². The van der Waals surface area contributed by atoms with E-state index in [9.17, 15) is 14.4 Å². The number of para-hydroxylation sites is 2. The molecule has 0 aliphatic carbocycles. The molecule has 1 atom stereocenters. The molecule has 0 unspecified atom stereocenters. The number of carbonyl (C=O) groups is 3. The highest BCUT2D eigenvalue weighted by Crippen LogP contribution is 2.28. The zero-order chi connectivity index (χ0) is 19.4. The number of hydrogen-bond donors (Lipinski definition) is 3. The number of amides is 4. The van der Waals surface area contributed by atoms with Crippen molar-refractivity contribution in [3.63, 3.8) is 0 Å². The molecule has 0 spiro atoms. The fourth-order valence-electron chi connectivity index (χ4n) is 2.72. The van der Waals surface area contributed by atoms with Crippen LogP contribution in [0.15, 0.2) is 48.5 Å². The van der Waals surface area contributed by atoms with Gasteiger partial charge in [0.25, 0.3) is 0 Å². The Morgan fingerprint density at radius 2 is 1.89 bits per heavy atom. The normalized spacial score (nSPS) is 14.0. The van der Waals surface area contributed by atoms with E-state index in [0.717, 1.165) is 5.56 Å². The summed E-state index contributed by atoms with van der Waals surface area (Å²) in [5.74, 6) is -0.641. The van der Waals surface area contributed by atoms with Crippen molar-refractivity contribution in [3.8, 4) is 0 Å². The van der Waals surface area contributed by atoms with Crippen molar-refractivity contribution < 1.29 is 14.4 Å². The van der Waals surface area contributed by atoms with Gasteiger partial charge in [0.1, 0.15) is 12.6 Å². The fraction of sp³-hybridized carbons (Fsp3) is 0.211. The molecular formula is C19H19ClN4O3. The Labute approximate surface area is 161 Å². The molecule has 2 aromatic rings. The molecule has 0 radical (unpaired) electrons. The standard InChI is InChI=1S/C19H19ClN4O3/c1-12(18(26)21-10-13-6-2-3-7-14(13)20)22-19(27)24-11-17(25)23-15-8-4-5-9-16(15)24/h2-9,12H,10-11H2,1H3,(H,21,26)(H,22,27)(H,23,25)/t12-/m1/s1. The third kappa shape index (κ3) is 4.38. The third-order valence-corrected chi connectivity index (χ3v) is 4.53. The van der Waals surface area contributed by atoms with Gasteiger partial charge in [-0.05, 0) is 30.7 Å². The molecule has 1 aliphatic heterocycles. The van der Waals surface area contributed by atoms with Gasteiger partial charge in [0.15, 0.2) is 0 Å². The molecule has 3 N–H and O–H groups in total. The zero-order valence-electron chi connectivity index (χ0n) is 14.7. The first-order valence-electron chi connectivity index (χ1n) is 8.43. The minimum absolute atomic E-state index is 0.114. The van der Waals surface area contributed by atoms with Crippen molar-refractivity contribution in [3.05, 3.63) is 59.1 Å². The number of halogens is 1. The first-order valence-corrected chi connectivity index (χ1v) is 8.81. The second-order valence-electron chi connectivity index (χ2n) is 6.13. The molecule has 3 rings (SSSR count). The summed E-state index contributed by atoms with van der Waals surface area (Å²) in [5, 5.41) is 8.64. The fourth-order valence-corrected chi connectivity index (χ4v) is 2.92. The minimum Gasteiger partial charge on any atom is -0.350 e. The predicted octanol–water partition coefficient (Wildman–Crippen LogP) is 2.51. The van der Waals surface area contributed by atoms with Gasteiger partial charge in [-0.25, -0.2) is 4.79 Å². The number of nitrogens with one attached hydrogen (secondary N) is 3. The number of carbonyl (C=O) groups excluding carboxylic acids is 3. The van der Waals surface area contributed by atoms with Crippen LogP contribution >= 0.6 is 11.6 Å². The number of rotatable bonds is 4. The maximum atomic E-state index is 12.6. The van der Waals surface area contributed by atoms with Crippen LogP contribution in [-0.4, -0.2) is 30.4 Å². The number of anilines is 2. The Morgan fingerprint density at radius 3 is 2.67 bits per heavy atom. The van der Waals surface area contributed by atoms with Gasteiger partial charge in [-0.1, -0.05) is 41.9 Å². The quantitative estimate of drug-likeness (QED) is 0.754. The lowest BCUT2D eigenvalue weighted by Gasteiger charge is -2.30. The van der Waals surface area contributed by atoms with Gasteiger partial charge in [-0.15, -0.1) is 0 Å². The van der Waals surface area contributed by atoms with Crippen LogP contribution in [0.5, 0.6) is 0 Å². The first kappa shape index (κ1) is 18.7. The zero-order valence-corrected chi connectivity index (χ0v) is 15.4. The Morgan fingerprint density at radius 1 is 1.19 bits per heavy atom. The second-order valence-corrected chi connectivity index (χ2v) is 6.54. The number of urea groups is 1. The summed E-state index contributed by atoms with van der Waals surface area (Å²) in [6.07, 6.45) is 0. The minimum atomic E-state index is -0.780. The van der Waals surface area contributed by atoms with E-state index in [1.54, 1.807) is 37.3 Å². The maximum absolute atomic E-state index is 12.6. The third-order valence-electron chi connectivity index (χ3n) is 4.16. The van der Waals surface area contributed by atoms with Crippen molar-refractivity contribution in [2.75, 3.05) is 16.8 Å². The van der Waals surface area contributed by atoms with E-state index < -0.39 is 12.1 Å². The largest absolute Gasteiger partial charge is 0.350 e. The lowest BCUT2D eigenvalue weighted by molar-refractivity contribution is -0.122. The van der Waals surface area contributed by atoms with Crippen LogP contribution in [0.3, 0.4) is 0 Å². The van der Waals surface area contributed by atoms with Gasteiger partial charge < -0.3 is 16.0 Å². The van der Waals surface area contributed by atoms with Gasteiger partial charge in [-0.2, -0.15) is 0 Å². The molecule has 1 aliphatic rings. The average Bonchev–Trinajstić information content (AvgIpc) is 2.66. The topological polar surface area (TPSA) is 90.5 Å². The molecule has 2 aromatic carbocycles. The number of hydrogen-bond acceptors (Lipinski definition) is 3. The second kappa shape index (κ2) is 8.09. The summed E-state index contributed by atoms with van der Waals surface area (Å²) in [4.78, 5) is 38.0. The number of nitrogens with zero attached hydrogens (tertiary/aromatic N) is 1. The van der Waals surface area contributed by atoms with Gasteiger partial charge in [-0.3, -0.25) is 14.5 Å². The molecule has 1 heterocycles. The molecule has 4 amide bonds. The van der Waals surface area contributed by atoms with E-state index in [1.807, 2.05) is 18.2 Å². The lowest BCUT2D eigenvalue weighted by Crippen LogP contribution is -2.52. The summed E-state index contributed by atoms with van der Waals surface area (Å²) in [6, 6.07) is 12.9. The SMILES string of the molecule is C[C@@H](NC(=O)N1CC(=O)Nc2ccccc21)C(=O)NCc1ccccc1Cl. The highest BCUT2D eigenvalue weighted by molar-refractivity contribution is 6.31. The smallest absolute Gasteiger partial charge is 0.323 e. The highest BCUT2D eigenvalue weighted by Gasteiger charge is 2.28. The van der Waals surface area contributed by atoms with Gasteiger partial charge in [0.05, 0.1) is 11.4 Å². The van der Waals surface area contributed by atoms with Gasteiger partial charge >= 0.3 is 6.03 Å². The van der Waals surface area contributed by atoms with Crippen molar-refractivity contribution in [2.24, 2.45) is 0 Å². The molecule has 7 nitrogen and oxygen atoms in total. The van der Waals surface area contributed by atoms with Crippen molar-refractivity contribution >= 4 is 40.8 Å². The number of fused-ring (bicyclic) bond motifs is 1. The maximum Gasteiger partial charge on any atom is 0.323 e. The molecule has 0 saturated heterocycles. The van der Waals surface area contributed by atoms with E-state index in [-0.39, 0.29) is 24.9 Å². The molecule has 0 fully saturated rings. The first-order chi connectivity index (χ1) is 13.0. The molecule has 0 bridgehead atoms.